The number of amides is 1. The molecule has 4 rings (SSSR count). The number of rotatable bonds is 5. The molecule has 0 radical (unpaired) electrons. The van der Waals surface area contributed by atoms with Gasteiger partial charge in [-0.2, -0.15) is 0 Å². The molecule has 0 aliphatic carbocycles. The first-order chi connectivity index (χ1) is 15.0. The van der Waals surface area contributed by atoms with Gasteiger partial charge < -0.3 is 19.4 Å². The van der Waals surface area contributed by atoms with Crippen LogP contribution in [0.2, 0.25) is 0 Å². The van der Waals surface area contributed by atoms with Gasteiger partial charge in [0.2, 0.25) is 0 Å². The Kier molecular flexibility index (Phi) is 6.51. The average Bonchev–Trinajstić information content (AvgIpc) is 3.06. The Labute approximate surface area is 184 Å². The zero-order chi connectivity index (χ0) is 22.0. The highest BCUT2D eigenvalue weighted by molar-refractivity contribution is 5.84. The fraction of sp³-hybridized carbons (Fsp3) is 0.667. The van der Waals surface area contributed by atoms with Crippen molar-refractivity contribution in [2.45, 2.75) is 57.4 Å². The van der Waals surface area contributed by atoms with Gasteiger partial charge >= 0.3 is 6.09 Å². The molecule has 0 N–H and O–H groups in total. The van der Waals surface area contributed by atoms with Crippen LogP contribution in [-0.4, -0.2) is 73.6 Å². The molecule has 0 atom stereocenters. The number of ether oxygens (including phenoxy) is 1. The van der Waals surface area contributed by atoms with Crippen LogP contribution in [0.15, 0.2) is 18.2 Å². The predicted molar refractivity (Wildman–Crippen MR) is 118 cm³/mol. The van der Waals surface area contributed by atoms with Crippen molar-refractivity contribution in [3.05, 3.63) is 29.6 Å². The van der Waals surface area contributed by atoms with Crippen LogP contribution in [-0.2, 0) is 14.9 Å². The third-order valence-corrected chi connectivity index (χ3v) is 7.39. The summed E-state index contributed by atoms with van der Waals surface area (Å²) < 4.78 is 19.3. The first kappa shape index (κ1) is 22.1. The number of benzene rings is 1. The van der Waals surface area contributed by atoms with E-state index >= 15 is 0 Å². The number of likely N-dealkylation sites (tertiary alicyclic amines) is 2. The Bertz CT molecular complexity index is 814. The molecule has 2 saturated heterocycles. The highest BCUT2D eigenvalue weighted by Gasteiger charge is 2.46. The average molecular weight is 432 g/mol. The van der Waals surface area contributed by atoms with Crippen molar-refractivity contribution in [1.82, 2.24) is 9.80 Å². The summed E-state index contributed by atoms with van der Waals surface area (Å²) in [7, 11) is 0. The van der Waals surface area contributed by atoms with Gasteiger partial charge in [0.1, 0.15) is 5.82 Å². The zero-order valence-corrected chi connectivity index (χ0v) is 18.7. The molecular formula is C24H34FN3O3. The van der Waals surface area contributed by atoms with E-state index in [1.807, 2.05) is 24.8 Å². The van der Waals surface area contributed by atoms with E-state index in [0.717, 1.165) is 69.7 Å². The Hall–Kier alpha value is -2.15. The highest BCUT2D eigenvalue weighted by Crippen LogP contribution is 2.47. The first-order valence-corrected chi connectivity index (χ1v) is 11.7. The summed E-state index contributed by atoms with van der Waals surface area (Å²) >= 11 is 0. The monoisotopic (exact) mass is 431 g/mol. The van der Waals surface area contributed by atoms with Gasteiger partial charge in [0.25, 0.3) is 0 Å². The Balaban J connectivity index is 1.40. The van der Waals surface area contributed by atoms with Crippen molar-refractivity contribution >= 4 is 17.6 Å². The van der Waals surface area contributed by atoms with Crippen LogP contribution in [0.25, 0.3) is 0 Å². The number of piperidine rings is 2. The van der Waals surface area contributed by atoms with E-state index in [2.05, 4.69) is 9.80 Å². The van der Waals surface area contributed by atoms with E-state index in [1.54, 1.807) is 6.07 Å². The van der Waals surface area contributed by atoms with E-state index in [0.29, 0.717) is 25.6 Å². The Morgan fingerprint density at radius 2 is 1.84 bits per heavy atom. The van der Waals surface area contributed by atoms with Crippen LogP contribution in [0.3, 0.4) is 0 Å². The van der Waals surface area contributed by atoms with Crippen molar-refractivity contribution in [1.29, 1.82) is 0 Å². The fourth-order valence-electron chi connectivity index (χ4n) is 5.58. The second kappa shape index (κ2) is 9.15. The minimum absolute atomic E-state index is 0.0758. The molecule has 31 heavy (non-hydrogen) atoms. The maximum absolute atomic E-state index is 14.1. The maximum Gasteiger partial charge on any atom is 0.409 e. The fourth-order valence-corrected chi connectivity index (χ4v) is 5.58. The Morgan fingerprint density at radius 1 is 1.13 bits per heavy atom. The normalized spacial score (nSPS) is 21.4. The largest absolute Gasteiger partial charge is 0.450 e. The second-order valence-electron chi connectivity index (χ2n) is 9.14. The molecule has 170 valence electrons. The number of hydrogen-bond acceptors (Lipinski definition) is 5. The van der Waals surface area contributed by atoms with Gasteiger partial charge in [0, 0.05) is 43.2 Å². The topological polar surface area (TPSA) is 53.1 Å². The zero-order valence-electron chi connectivity index (χ0n) is 18.7. The quantitative estimate of drug-likeness (QED) is 0.713. The number of nitrogens with zero attached hydrogens (tertiary/aromatic N) is 3. The number of Topliss-reactive ketones (excluding diaryl/α,β-unsaturated/α-hetero) is 1. The molecule has 1 aromatic carbocycles. The second-order valence-corrected chi connectivity index (χ2v) is 9.14. The number of carbonyl (C=O) groups excluding carboxylic acids is 2. The number of anilines is 1. The van der Waals surface area contributed by atoms with Gasteiger partial charge in [-0.15, -0.1) is 0 Å². The van der Waals surface area contributed by atoms with E-state index in [1.165, 1.54) is 6.07 Å². The van der Waals surface area contributed by atoms with E-state index in [4.69, 9.17) is 4.74 Å². The molecule has 7 heteroatoms. The number of fused-ring (bicyclic) bond motifs is 2. The molecule has 3 aliphatic rings. The molecule has 0 aromatic heterocycles. The van der Waals surface area contributed by atoms with Crippen LogP contribution >= 0.6 is 0 Å². The lowest BCUT2D eigenvalue weighted by atomic mass is 9.74. The molecule has 0 unspecified atom stereocenters. The molecule has 0 bridgehead atoms. The van der Waals surface area contributed by atoms with Gasteiger partial charge in [0.05, 0.1) is 13.2 Å². The summed E-state index contributed by atoms with van der Waals surface area (Å²) in [5, 5.41) is 0. The minimum Gasteiger partial charge on any atom is -0.450 e. The van der Waals surface area contributed by atoms with Gasteiger partial charge in [0.15, 0.2) is 5.78 Å². The van der Waals surface area contributed by atoms with Crippen LogP contribution < -0.4 is 4.90 Å². The summed E-state index contributed by atoms with van der Waals surface area (Å²) in [5.41, 5.74) is 2.03. The molecule has 1 amide bonds. The summed E-state index contributed by atoms with van der Waals surface area (Å²) in [4.78, 5) is 30.6. The standard InChI is InChI=1S/C24H34FN3O3/c1-3-20(29)16-28-17-24(21-15-18(25)5-6-22(21)28)9-13-26(14-10-24)19-7-11-27(12-8-19)23(30)31-4-2/h5-6,15,19H,3-4,7-14,16-17H2,1-2H3. The SMILES string of the molecule is CCOC(=O)N1CCC(N2CCC3(CC2)CN(CC(=O)CC)c2ccc(F)cc23)CC1. The van der Waals surface area contributed by atoms with E-state index < -0.39 is 0 Å². The molecule has 3 heterocycles. The number of carbonyl (C=O) groups is 2. The molecule has 1 spiro atoms. The van der Waals surface area contributed by atoms with E-state index in [9.17, 15) is 14.0 Å². The van der Waals surface area contributed by atoms with Crippen LogP contribution in [0.5, 0.6) is 0 Å². The number of ketones is 1. The van der Waals surface area contributed by atoms with Gasteiger partial charge in [-0.1, -0.05) is 6.92 Å². The molecule has 0 saturated carbocycles. The van der Waals surface area contributed by atoms with Crippen molar-refractivity contribution in [3.63, 3.8) is 0 Å². The van der Waals surface area contributed by atoms with Gasteiger partial charge in [-0.05, 0) is 69.5 Å². The highest BCUT2D eigenvalue weighted by atomic mass is 19.1. The predicted octanol–water partition coefficient (Wildman–Crippen LogP) is 3.58. The van der Waals surface area contributed by atoms with Crippen molar-refractivity contribution in [2.75, 3.05) is 50.8 Å². The molecule has 1 aromatic rings. The lowest BCUT2D eigenvalue weighted by Gasteiger charge is -2.45. The summed E-state index contributed by atoms with van der Waals surface area (Å²) in [6.45, 7) is 8.77. The van der Waals surface area contributed by atoms with Crippen molar-refractivity contribution < 1.29 is 18.7 Å². The van der Waals surface area contributed by atoms with Crippen molar-refractivity contribution in [2.24, 2.45) is 0 Å². The summed E-state index contributed by atoms with van der Waals surface area (Å²) in [5.74, 6) is 0.0219. The first-order valence-electron chi connectivity index (χ1n) is 11.7. The molecule has 3 aliphatic heterocycles. The minimum atomic E-state index is -0.204. The number of halogens is 1. The lowest BCUT2D eigenvalue weighted by Crippen LogP contribution is -2.52. The molecule has 6 nitrogen and oxygen atoms in total. The maximum atomic E-state index is 14.1. The Morgan fingerprint density at radius 3 is 2.48 bits per heavy atom. The summed E-state index contributed by atoms with van der Waals surface area (Å²) in [6.07, 6.45) is 4.20. The number of hydrogen-bond donors (Lipinski definition) is 0. The van der Waals surface area contributed by atoms with Crippen molar-refractivity contribution in [3.8, 4) is 0 Å². The van der Waals surface area contributed by atoms with Crippen LogP contribution in [0.4, 0.5) is 14.9 Å². The van der Waals surface area contributed by atoms with Gasteiger partial charge in [-0.3, -0.25) is 4.79 Å². The smallest absolute Gasteiger partial charge is 0.409 e. The third-order valence-electron chi connectivity index (χ3n) is 7.39. The van der Waals surface area contributed by atoms with E-state index in [-0.39, 0.29) is 23.1 Å². The van der Waals surface area contributed by atoms with Crippen LogP contribution in [0.1, 0.15) is 51.5 Å². The molecule has 2 fully saturated rings. The van der Waals surface area contributed by atoms with Gasteiger partial charge in [-0.25, -0.2) is 9.18 Å². The van der Waals surface area contributed by atoms with Crippen LogP contribution in [0, 0.1) is 5.82 Å². The lowest BCUT2D eigenvalue weighted by molar-refractivity contribution is -0.117. The molecular weight excluding hydrogens is 397 g/mol. The third kappa shape index (κ3) is 4.43. The summed E-state index contributed by atoms with van der Waals surface area (Å²) in [6, 6.07) is 5.53.